The van der Waals surface area contributed by atoms with Crippen molar-refractivity contribution >= 4 is 23.4 Å². The van der Waals surface area contributed by atoms with Gasteiger partial charge in [0.2, 0.25) is 5.91 Å². The van der Waals surface area contributed by atoms with Crippen molar-refractivity contribution in [1.82, 2.24) is 0 Å². The average molecular weight is 313 g/mol. The molecular weight excluding hydrogens is 290 g/mol. The van der Waals surface area contributed by atoms with E-state index in [-0.39, 0.29) is 11.2 Å². The lowest BCUT2D eigenvalue weighted by Crippen LogP contribution is -2.23. The Hall–Kier alpha value is -1.74. The molecule has 2 nitrogen and oxygen atoms in total. The lowest BCUT2D eigenvalue weighted by atomic mass is 10.1. The fourth-order valence-electron chi connectivity index (χ4n) is 2.47. The highest BCUT2D eigenvalue weighted by molar-refractivity contribution is 7.99. The van der Waals surface area contributed by atoms with Crippen molar-refractivity contribution in [3.05, 3.63) is 64.7 Å². The third-order valence-corrected chi connectivity index (χ3v) is 4.85. The second-order valence-electron chi connectivity index (χ2n) is 5.70. The standard InChI is InChI=1S/C19H23NOS/c1-13-10-14(2)18(15(3)11-13)20-19(21)16(4)22-12-17-8-6-5-7-9-17/h5-11,16H,12H2,1-4H3,(H,20,21). The molecule has 0 radical (unpaired) electrons. The molecule has 2 aromatic carbocycles. The summed E-state index contributed by atoms with van der Waals surface area (Å²) in [5, 5.41) is 3.00. The van der Waals surface area contributed by atoms with Gasteiger partial charge in [0.15, 0.2) is 0 Å². The molecule has 0 aliphatic rings. The molecule has 0 heterocycles. The Bertz CT molecular complexity index is 629. The summed E-state index contributed by atoms with van der Waals surface area (Å²) < 4.78 is 0. The maximum absolute atomic E-state index is 12.4. The maximum Gasteiger partial charge on any atom is 0.237 e. The zero-order valence-electron chi connectivity index (χ0n) is 13.6. The Labute approximate surface area is 137 Å². The number of carbonyl (C=O) groups excluding carboxylic acids is 1. The van der Waals surface area contributed by atoms with Crippen LogP contribution in [0.3, 0.4) is 0 Å². The van der Waals surface area contributed by atoms with E-state index < -0.39 is 0 Å². The first-order chi connectivity index (χ1) is 10.5. The maximum atomic E-state index is 12.4. The smallest absolute Gasteiger partial charge is 0.237 e. The van der Waals surface area contributed by atoms with Crippen LogP contribution in [0.25, 0.3) is 0 Å². The fourth-order valence-corrected chi connectivity index (χ4v) is 3.32. The first-order valence-corrected chi connectivity index (χ1v) is 8.56. The molecular formula is C19H23NOS. The number of amides is 1. The first-order valence-electron chi connectivity index (χ1n) is 7.51. The third kappa shape index (κ3) is 4.38. The number of hydrogen-bond donors (Lipinski definition) is 1. The normalized spacial score (nSPS) is 12.0. The molecule has 1 atom stereocenters. The van der Waals surface area contributed by atoms with Crippen molar-refractivity contribution in [3.8, 4) is 0 Å². The summed E-state index contributed by atoms with van der Waals surface area (Å²) in [6.07, 6.45) is 0. The molecule has 0 aromatic heterocycles. The summed E-state index contributed by atoms with van der Waals surface area (Å²) in [6.45, 7) is 8.11. The van der Waals surface area contributed by atoms with Crippen molar-refractivity contribution in [2.75, 3.05) is 5.32 Å². The van der Waals surface area contributed by atoms with Gasteiger partial charge in [0.1, 0.15) is 0 Å². The lowest BCUT2D eigenvalue weighted by molar-refractivity contribution is -0.115. The topological polar surface area (TPSA) is 29.1 Å². The second-order valence-corrected chi connectivity index (χ2v) is 7.03. The molecule has 0 spiro atoms. The summed E-state index contributed by atoms with van der Waals surface area (Å²) in [5.41, 5.74) is 5.65. The molecule has 22 heavy (non-hydrogen) atoms. The summed E-state index contributed by atoms with van der Waals surface area (Å²) in [5.74, 6) is 0.914. The predicted molar refractivity (Wildman–Crippen MR) is 96.5 cm³/mol. The highest BCUT2D eigenvalue weighted by Gasteiger charge is 2.15. The molecule has 2 rings (SSSR count). The molecule has 1 N–H and O–H groups in total. The fraction of sp³-hybridized carbons (Fsp3) is 0.316. The van der Waals surface area contributed by atoms with Gasteiger partial charge >= 0.3 is 0 Å². The van der Waals surface area contributed by atoms with E-state index in [2.05, 4.69) is 36.5 Å². The van der Waals surface area contributed by atoms with Gasteiger partial charge in [-0.2, -0.15) is 0 Å². The van der Waals surface area contributed by atoms with Crippen LogP contribution in [-0.4, -0.2) is 11.2 Å². The Morgan fingerprint density at radius 2 is 1.68 bits per heavy atom. The Kier molecular flexibility index (Phi) is 5.67. The van der Waals surface area contributed by atoms with E-state index in [9.17, 15) is 4.79 Å². The second kappa shape index (κ2) is 7.50. The number of aryl methyl sites for hydroxylation is 3. The molecule has 0 aliphatic heterocycles. The van der Waals surface area contributed by atoms with Crippen molar-refractivity contribution in [3.63, 3.8) is 0 Å². The predicted octanol–water partition coefficient (Wildman–Crippen LogP) is 4.87. The number of nitrogens with one attached hydrogen (secondary N) is 1. The third-order valence-electron chi connectivity index (χ3n) is 3.64. The summed E-state index contributed by atoms with van der Waals surface area (Å²) in [4.78, 5) is 12.4. The SMILES string of the molecule is Cc1cc(C)c(NC(=O)C(C)SCc2ccccc2)c(C)c1. The van der Waals surface area contributed by atoms with Gasteiger partial charge < -0.3 is 5.32 Å². The van der Waals surface area contributed by atoms with Crippen LogP contribution in [-0.2, 0) is 10.5 Å². The van der Waals surface area contributed by atoms with E-state index in [1.54, 1.807) is 11.8 Å². The monoisotopic (exact) mass is 313 g/mol. The first kappa shape index (κ1) is 16.6. The average Bonchev–Trinajstić information content (AvgIpc) is 2.49. The van der Waals surface area contributed by atoms with Gasteiger partial charge in [-0.1, -0.05) is 48.0 Å². The van der Waals surface area contributed by atoms with Gasteiger partial charge in [-0.05, 0) is 44.4 Å². The number of rotatable bonds is 5. The van der Waals surface area contributed by atoms with Crippen LogP contribution in [0, 0.1) is 20.8 Å². The van der Waals surface area contributed by atoms with Crippen molar-refractivity contribution in [1.29, 1.82) is 0 Å². The highest BCUT2D eigenvalue weighted by atomic mass is 32.2. The van der Waals surface area contributed by atoms with E-state index in [0.717, 1.165) is 22.6 Å². The van der Waals surface area contributed by atoms with Crippen LogP contribution in [0.15, 0.2) is 42.5 Å². The Balaban J connectivity index is 1.97. The van der Waals surface area contributed by atoms with Crippen molar-refractivity contribution < 1.29 is 4.79 Å². The zero-order chi connectivity index (χ0) is 16.1. The van der Waals surface area contributed by atoms with Crippen molar-refractivity contribution in [2.24, 2.45) is 0 Å². The molecule has 1 amide bonds. The molecule has 2 aromatic rings. The number of anilines is 1. The van der Waals surface area contributed by atoms with E-state index in [1.807, 2.05) is 39.0 Å². The zero-order valence-corrected chi connectivity index (χ0v) is 14.5. The molecule has 0 saturated carbocycles. The van der Waals surface area contributed by atoms with Gasteiger partial charge in [0, 0.05) is 11.4 Å². The molecule has 0 fully saturated rings. The number of thioether (sulfide) groups is 1. The molecule has 0 bridgehead atoms. The minimum atomic E-state index is -0.0830. The van der Waals surface area contributed by atoms with Crippen LogP contribution in [0.4, 0.5) is 5.69 Å². The van der Waals surface area contributed by atoms with Crippen molar-refractivity contribution in [2.45, 2.75) is 38.7 Å². The molecule has 3 heteroatoms. The Morgan fingerprint density at radius 3 is 2.27 bits per heavy atom. The number of hydrogen-bond acceptors (Lipinski definition) is 2. The van der Waals surface area contributed by atoms with Gasteiger partial charge in [-0.3, -0.25) is 4.79 Å². The number of benzene rings is 2. The summed E-state index contributed by atoms with van der Waals surface area (Å²) in [6, 6.07) is 14.4. The van der Waals surface area contributed by atoms with Crippen LogP contribution >= 0.6 is 11.8 Å². The van der Waals surface area contributed by atoms with E-state index >= 15 is 0 Å². The highest BCUT2D eigenvalue weighted by Crippen LogP contribution is 2.24. The van der Waals surface area contributed by atoms with Gasteiger partial charge in [-0.25, -0.2) is 0 Å². The minimum Gasteiger partial charge on any atom is -0.325 e. The van der Waals surface area contributed by atoms with Crippen LogP contribution in [0.1, 0.15) is 29.2 Å². The quantitative estimate of drug-likeness (QED) is 0.853. The summed E-state index contributed by atoms with van der Waals surface area (Å²) in [7, 11) is 0. The molecule has 116 valence electrons. The van der Waals surface area contributed by atoms with E-state index in [1.165, 1.54) is 11.1 Å². The number of carbonyl (C=O) groups is 1. The summed E-state index contributed by atoms with van der Waals surface area (Å²) >= 11 is 1.66. The van der Waals surface area contributed by atoms with Gasteiger partial charge in [0.25, 0.3) is 0 Å². The Morgan fingerprint density at radius 1 is 1.09 bits per heavy atom. The molecule has 0 saturated heterocycles. The molecule has 1 unspecified atom stereocenters. The van der Waals surface area contributed by atoms with Crippen LogP contribution in [0.5, 0.6) is 0 Å². The van der Waals surface area contributed by atoms with Crippen LogP contribution in [0.2, 0.25) is 0 Å². The largest absolute Gasteiger partial charge is 0.325 e. The van der Waals surface area contributed by atoms with E-state index in [4.69, 9.17) is 0 Å². The van der Waals surface area contributed by atoms with Gasteiger partial charge in [0.05, 0.1) is 5.25 Å². The van der Waals surface area contributed by atoms with Gasteiger partial charge in [-0.15, -0.1) is 11.8 Å². The minimum absolute atomic E-state index is 0.0657. The lowest BCUT2D eigenvalue weighted by Gasteiger charge is -2.16. The van der Waals surface area contributed by atoms with Crippen LogP contribution < -0.4 is 5.32 Å². The molecule has 0 aliphatic carbocycles. The van der Waals surface area contributed by atoms with E-state index in [0.29, 0.717) is 0 Å².